The van der Waals surface area contributed by atoms with Gasteiger partial charge in [-0.1, -0.05) is 6.58 Å². The van der Waals surface area contributed by atoms with Crippen molar-refractivity contribution in [1.29, 1.82) is 0 Å². The van der Waals surface area contributed by atoms with Crippen molar-refractivity contribution < 1.29 is 19.0 Å². The molecule has 0 saturated carbocycles. The first-order valence-corrected chi connectivity index (χ1v) is 6.12. The summed E-state index contributed by atoms with van der Waals surface area (Å²) in [6, 6.07) is 5.41. The van der Waals surface area contributed by atoms with Gasteiger partial charge in [-0.2, -0.15) is 0 Å². The first-order valence-electron chi connectivity index (χ1n) is 6.12. The monoisotopic (exact) mass is 275 g/mol. The summed E-state index contributed by atoms with van der Waals surface area (Å²) in [7, 11) is 2.91. The molecule has 1 heterocycles. The van der Waals surface area contributed by atoms with Gasteiger partial charge in [-0.3, -0.25) is 0 Å². The lowest BCUT2D eigenvalue weighted by atomic mass is 10.1. The Kier molecular flexibility index (Phi) is 3.98. The highest BCUT2D eigenvalue weighted by atomic mass is 16.5. The largest absolute Gasteiger partial charge is 0.497 e. The summed E-state index contributed by atoms with van der Waals surface area (Å²) in [6.45, 7) is 5.95. The molecule has 106 valence electrons. The number of nitrogens with one attached hydrogen (secondary N) is 1. The van der Waals surface area contributed by atoms with E-state index >= 15 is 0 Å². The zero-order valence-electron chi connectivity index (χ0n) is 11.8. The number of hydrogen-bond acceptors (Lipinski definition) is 4. The van der Waals surface area contributed by atoms with E-state index in [2.05, 4.69) is 11.6 Å². The van der Waals surface area contributed by atoms with Crippen molar-refractivity contribution in [2.45, 2.75) is 6.92 Å². The Morgan fingerprint density at radius 1 is 1.35 bits per heavy atom. The van der Waals surface area contributed by atoms with E-state index in [0.717, 1.165) is 11.1 Å². The van der Waals surface area contributed by atoms with Crippen LogP contribution in [-0.2, 0) is 4.74 Å². The average molecular weight is 275 g/mol. The van der Waals surface area contributed by atoms with Crippen LogP contribution in [-0.4, -0.2) is 31.8 Å². The van der Waals surface area contributed by atoms with E-state index in [4.69, 9.17) is 14.2 Å². The highest BCUT2D eigenvalue weighted by molar-refractivity contribution is 6.07. The van der Waals surface area contributed by atoms with Gasteiger partial charge in [0.05, 0.1) is 14.2 Å². The van der Waals surface area contributed by atoms with E-state index in [0.29, 0.717) is 29.2 Å². The Labute approximate surface area is 117 Å². The number of methoxy groups -OCH3 is 2. The molecular formula is C15H17NO4. The highest BCUT2D eigenvalue weighted by Gasteiger charge is 2.21. The van der Waals surface area contributed by atoms with Crippen LogP contribution in [0, 0.1) is 0 Å². The topological polar surface area (TPSA) is 60.5 Å². The number of carbonyl (C=O) groups is 1. The minimum Gasteiger partial charge on any atom is -0.497 e. The summed E-state index contributed by atoms with van der Waals surface area (Å²) < 4.78 is 15.6. The van der Waals surface area contributed by atoms with Crippen molar-refractivity contribution in [3.05, 3.63) is 35.9 Å². The fourth-order valence-electron chi connectivity index (χ4n) is 1.88. The number of rotatable bonds is 5. The quantitative estimate of drug-likeness (QED) is 0.673. The Morgan fingerprint density at radius 2 is 2.10 bits per heavy atom. The molecule has 5 heteroatoms. The third kappa shape index (κ3) is 2.61. The SMILES string of the molecule is C=C(C)COc1[nH]c2ccc(OC)cc2c1C(=O)OC. The summed E-state index contributed by atoms with van der Waals surface area (Å²) in [5.41, 5.74) is 2.00. The molecule has 0 radical (unpaired) electrons. The third-order valence-electron chi connectivity index (χ3n) is 2.82. The van der Waals surface area contributed by atoms with Crippen LogP contribution in [0.5, 0.6) is 11.6 Å². The molecular weight excluding hydrogens is 258 g/mol. The Hall–Kier alpha value is -2.43. The van der Waals surface area contributed by atoms with Gasteiger partial charge in [-0.05, 0) is 30.7 Å². The fraction of sp³-hybridized carbons (Fsp3) is 0.267. The van der Waals surface area contributed by atoms with Gasteiger partial charge in [-0.15, -0.1) is 0 Å². The first kappa shape index (κ1) is 14.0. The molecule has 20 heavy (non-hydrogen) atoms. The summed E-state index contributed by atoms with van der Waals surface area (Å²) in [4.78, 5) is 15.0. The molecule has 0 spiro atoms. The summed E-state index contributed by atoms with van der Waals surface area (Å²) in [5, 5.41) is 0.702. The molecule has 0 aliphatic heterocycles. The van der Waals surface area contributed by atoms with E-state index in [1.54, 1.807) is 13.2 Å². The molecule has 1 aromatic heterocycles. The van der Waals surface area contributed by atoms with Crippen molar-refractivity contribution in [3.8, 4) is 11.6 Å². The summed E-state index contributed by atoms with van der Waals surface area (Å²) in [6.07, 6.45) is 0. The van der Waals surface area contributed by atoms with Crippen LogP contribution in [0.15, 0.2) is 30.4 Å². The lowest BCUT2D eigenvalue weighted by Crippen LogP contribution is -2.06. The molecule has 2 rings (SSSR count). The number of esters is 1. The molecule has 5 nitrogen and oxygen atoms in total. The predicted octanol–water partition coefficient (Wildman–Crippen LogP) is 2.92. The summed E-state index contributed by atoms with van der Waals surface area (Å²) >= 11 is 0. The molecule has 0 fully saturated rings. The van der Waals surface area contributed by atoms with E-state index in [1.165, 1.54) is 7.11 Å². The van der Waals surface area contributed by atoms with Gasteiger partial charge >= 0.3 is 5.97 Å². The number of carbonyl (C=O) groups excluding carboxylic acids is 1. The van der Waals surface area contributed by atoms with Crippen molar-refractivity contribution >= 4 is 16.9 Å². The minimum absolute atomic E-state index is 0.327. The Balaban J connectivity index is 2.55. The fourth-order valence-corrected chi connectivity index (χ4v) is 1.88. The van der Waals surface area contributed by atoms with E-state index in [1.807, 2.05) is 19.1 Å². The van der Waals surface area contributed by atoms with Crippen LogP contribution in [0.1, 0.15) is 17.3 Å². The van der Waals surface area contributed by atoms with Crippen LogP contribution in [0.4, 0.5) is 0 Å². The van der Waals surface area contributed by atoms with E-state index < -0.39 is 5.97 Å². The second-order valence-corrected chi connectivity index (χ2v) is 4.48. The van der Waals surface area contributed by atoms with E-state index in [9.17, 15) is 4.79 Å². The standard InChI is InChI=1S/C15H17NO4/c1-9(2)8-20-14-13(15(17)19-4)11-7-10(18-3)5-6-12(11)16-14/h5-7,16H,1,8H2,2-4H3. The Bertz CT molecular complexity index is 657. The van der Waals surface area contributed by atoms with Crippen LogP contribution < -0.4 is 9.47 Å². The zero-order valence-corrected chi connectivity index (χ0v) is 11.8. The maximum absolute atomic E-state index is 12.0. The van der Waals surface area contributed by atoms with Crippen LogP contribution in [0.25, 0.3) is 10.9 Å². The highest BCUT2D eigenvalue weighted by Crippen LogP contribution is 2.31. The number of aromatic nitrogens is 1. The number of fused-ring (bicyclic) bond motifs is 1. The van der Waals surface area contributed by atoms with Crippen LogP contribution in [0.2, 0.25) is 0 Å². The molecule has 0 aliphatic rings. The lowest BCUT2D eigenvalue weighted by Gasteiger charge is -2.05. The summed E-state index contributed by atoms with van der Waals surface area (Å²) in [5.74, 6) is 0.581. The molecule has 2 aromatic rings. The zero-order chi connectivity index (χ0) is 14.7. The maximum atomic E-state index is 12.0. The molecule has 0 atom stereocenters. The number of aromatic amines is 1. The van der Waals surface area contributed by atoms with Gasteiger partial charge < -0.3 is 19.2 Å². The minimum atomic E-state index is -0.457. The van der Waals surface area contributed by atoms with Gasteiger partial charge in [0.15, 0.2) is 0 Å². The van der Waals surface area contributed by atoms with Gasteiger partial charge in [0.1, 0.15) is 17.9 Å². The molecule has 1 N–H and O–H groups in total. The maximum Gasteiger partial charge on any atom is 0.344 e. The second kappa shape index (κ2) is 5.69. The molecule has 0 unspecified atom stereocenters. The van der Waals surface area contributed by atoms with Gasteiger partial charge in [-0.25, -0.2) is 4.79 Å². The van der Waals surface area contributed by atoms with Gasteiger partial charge in [0, 0.05) is 10.9 Å². The van der Waals surface area contributed by atoms with Crippen LogP contribution in [0.3, 0.4) is 0 Å². The van der Waals surface area contributed by atoms with Crippen molar-refractivity contribution in [2.24, 2.45) is 0 Å². The predicted molar refractivity (Wildman–Crippen MR) is 76.5 cm³/mol. The molecule has 1 aromatic carbocycles. The molecule has 0 saturated heterocycles. The lowest BCUT2D eigenvalue weighted by molar-refractivity contribution is 0.0598. The number of ether oxygens (including phenoxy) is 3. The average Bonchev–Trinajstić information content (AvgIpc) is 2.81. The van der Waals surface area contributed by atoms with Crippen molar-refractivity contribution in [2.75, 3.05) is 20.8 Å². The first-order chi connectivity index (χ1) is 9.56. The molecule has 0 bridgehead atoms. The smallest absolute Gasteiger partial charge is 0.344 e. The van der Waals surface area contributed by atoms with Gasteiger partial charge in [0.25, 0.3) is 0 Å². The third-order valence-corrected chi connectivity index (χ3v) is 2.82. The van der Waals surface area contributed by atoms with Crippen molar-refractivity contribution in [1.82, 2.24) is 4.98 Å². The number of hydrogen-bond donors (Lipinski definition) is 1. The Morgan fingerprint density at radius 3 is 2.70 bits per heavy atom. The number of H-pyrrole nitrogens is 1. The van der Waals surface area contributed by atoms with Gasteiger partial charge in [0.2, 0.25) is 5.88 Å². The second-order valence-electron chi connectivity index (χ2n) is 4.48. The van der Waals surface area contributed by atoms with E-state index in [-0.39, 0.29) is 0 Å². The molecule has 0 aliphatic carbocycles. The molecule has 0 amide bonds. The van der Waals surface area contributed by atoms with Crippen molar-refractivity contribution in [3.63, 3.8) is 0 Å². The number of benzene rings is 1. The normalized spacial score (nSPS) is 10.3. The van der Waals surface area contributed by atoms with Crippen LogP contribution >= 0.6 is 0 Å².